The molecule has 2 aromatic carbocycles. The van der Waals surface area contributed by atoms with Gasteiger partial charge in [-0.3, -0.25) is 9.80 Å². The van der Waals surface area contributed by atoms with Crippen molar-refractivity contribution in [2.45, 2.75) is 43.3 Å². The molecule has 1 aliphatic carbocycles. The number of benzene rings is 2. The number of nitriles is 2. The van der Waals surface area contributed by atoms with Gasteiger partial charge in [0.2, 0.25) is 0 Å². The Morgan fingerprint density at radius 3 is 2.57 bits per heavy atom. The molecule has 190 valence electrons. The second kappa shape index (κ2) is 10.3. The highest BCUT2D eigenvalue weighted by atomic mass is 32.2. The van der Waals surface area contributed by atoms with E-state index in [4.69, 9.17) is 0 Å². The quantitative estimate of drug-likeness (QED) is 0.351. The van der Waals surface area contributed by atoms with Gasteiger partial charge < -0.3 is 4.55 Å². The van der Waals surface area contributed by atoms with Crippen LogP contribution in [-0.4, -0.2) is 28.3 Å². The van der Waals surface area contributed by atoms with Crippen LogP contribution < -0.4 is 4.90 Å². The fourth-order valence-corrected chi connectivity index (χ4v) is 5.81. The summed E-state index contributed by atoms with van der Waals surface area (Å²) in [5.41, 5.74) is 2.16. The molecule has 0 fully saturated rings. The lowest BCUT2D eigenvalue weighted by Crippen LogP contribution is -2.51. The Morgan fingerprint density at radius 2 is 1.95 bits per heavy atom. The van der Waals surface area contributed by atoms with Crippen molar-refractivity contribution in [2.24, 2.45) is 0 Å². The molecule has 4 rings (SSSR count). The van der Waals surface area contributed by atoms with E-state index in [1.54, 1.807) is 12.1 Å². The van der Waals surface area contributed by atoms with Crippen LogP contribution in [0.3, 0.4) is 0 Å². The molecule has 2 amide bonds. The predicted octanol–water partition coefficient (Wildman–Crippen LogP) is 6.21. The molecule has 2 aliphatic rings. The summed E-state index contributed by atoms with van der Waals surface area (Å²) >= 11 is -1.52. The summed E-state index contributed by atoms with van der Waals surface area (Å²) in [6.07, 6.45) is 0.583. The molecule has 2 atom stereocenters. The highest BCUT2D eigenvalue weighted by Gasteiger charge is 2.45. The van der Waals surface area contributed by atoms with E-state index in [1.165, 1.54) is 34.3 Å². The Balaban J connectivity index is 2.02. The van der Waals surface area contributed by atoms with E-state index >= 15 is 0 Å². The fraction of sp³-hybridized carbons (Fsp3) is 0.296. The SMILES string of the molecule is CC=C1CCCC2=C1[C@@H](c1ccc(C#N)cc1[S+](C)[O-])N(CC#N)C(=O)N2c1cccc(C(F)(F)F)c1. The molecule has 2 aromatic rings. The number of anilines is 1. The van der Waals surface area contributed by atoms with Crippen molar-refractivity contribution >= 4 is 22.9 Å². The summed E-state index contributed by atoms with van der Waals surface area (Å²) in [5.74, 6) is 0. The summed E-state index contributed by atoms with van der Waals surface area (Å²) in [4.78, 5) is 16.9. The first-order valence-electron chi connectivity index (χ1n) is 11.5. The fourth-order valence-electron chi connectivity index (χ4n) is 5.00. The van der Waals surface area contributed by atoms with E-state index < -0.39 is 35.0 Å². The number of allylic oxidation sites excluding steroid dienone is 2. The molecule has 0 N–H and O–H groups in total. The van der Waals surface area contributed by atoms with Crippen molar-refractivity contribution in [3.05, 3.63) is 82.1 Å². The topological polar surface area (TPSA) is 94.2 Å². The maximum Gasteiger partial charge on any atom is 0.416 e. The highest BCUT2D eigenvalue weighted by molar-refractivity contribution is 7.90. The number of nitrogens with zero attached hydrogens (tertiary/aromatic N) is 4. The van der Waals surface area contributed by atoms with Crippen LogP contribution >= 0.6 is 0 Å². The van der Waals surface area contributed by atoms with Crippen molar-refractivity contribution in [1.29, 1.82) is 10.5 Å². The number of hydrogen-bond acceptors (Lipinski definition) is 4. The second-order valence-electron chi connectivity index (χ2n) is 8.70. The smallest absolute Gasteiger partial charge is 0.416 e. The van der Waals surface area contributed by atoms with Gasteiger partial charge in [0, 0.05) is 22.9 Å². The molecule has 1 aliphatic heterocycles. The van der Waals surface area contributed by atoms with Crippen molar-refractivity contribution in [3.63, 3.8) is 0 Å². The Kier molecular flexibility index (Phi) is 7.35. The van der Waals surface area contributed by atoms with E-state index in [2.05, 4.69) is 0 Å². The number of carbonyl (C=O) groups excluding carboxylic acids is 1. The van der Waals surface area contributed by atoms with Crippen LogP contribution in [0, 0.1) is 22.7 Å². The Morgan fingerprint density at radius 1 is 1.19 bits per heavy atom. The summed E-state index contributed by atoms with van der Waals surface area (Å²) in [7, 11) is 0. The minimum absolute atomic E-state index is 0.0604. The van der Waals surface area contributed by atoms with E-state index in [0.717, 1.165) is 17.7 Å². The molecule has 1 heterocycles. The average molecular weight is 525 g/mol. The zero-order valence-corrected chi connectivity index (χ0v) is 21.0. The van der Waals surface area contributed by atoms with Gasteiger partial charge in [-0.05, 0) is 67.2 Å². The number of urea groups is 1. The van der Waals surface area contributed by atoms with Gasteiger partial charge in [-0.15, -0.1) is 0 Å². The summed E-state index contributed by atoms with van der Waals surface area (Å²) in [6, 6.07) is 11.9. The predicted molar refractivity (Wildman–Crippen MR) is 133 cm³/mol. The van der Waals surface area contributed by atoms with Crippen LogP contribution in [0.4, 0.5) is 23.7 Å². The molecule has 0 saturated heterocycles. The van der Waals surface area contributed by atoms with Gasteiger partial charge in [0.15, 0.2) is 4.90 Å². The first kappa shape index (κ1) is 26.3. The first-order chi connectivity index (χ1) is 17.6. The van der Waals surface area contributed by atoms with Crippen molar-refractivity contribution < 1.29 is 22.5 Å². The van der Waals surface area contributed by atoms with Crippen LogP contribution in [0.1, 0.15) is 48.9 Å². The van der Waals surface area contributed by atoms with Gasteiger partial charge in [0.1, 0.15) is 12.8 Å². The number of amides is 2. The van der Waals surface area contributed by atoms with E-state index in [9.17, 15) is 33.0 Å². The highest BCUT2D eigenvalue weighted by Crippen LogP contribution is 2.48. The lowest BCUT2D eigenvalue weighted by Gasteiger charge is -2.46. The van der Waals surface area contributed by atoms with Crippen LogP contribution in [0.5, 0.6) is 0 Å². The molecular formula is C27H23F3N4O2S. The Hall–Kier alpha value is -3.73. The van der Waals surface area contributed by atoms with Crippen molar-refractivity contribution in [2.75, 3.05) is 17.7 Å². The number of rotatable bonds is 4. The second-order valence-corrected chi connectivity index (χ2v) is 10.0. The lowest BCUT2D eigenvalue weighted by atomic mass is 9.80. The third-order valence-corrected chi connectivity index (χ3v) is 7.55. The molecule has 6 nitrogen and oxygen atoms in total. The molecule has 0 aromatic heterocycles. The maximum atomic E-state index is 14.0. The minimum Gasteiger partial charge on any atom is -0.612 e. The van der Waals surface area contributed by atoms with Crippen LogP contribution in [0.15, 0.2) is 70.3 Å². The summed E-state index contributed by atoms with van der Waals surface area (Å²) in [6.45, 7) is 1.50. The number of halogens is 3. The molecule has 0 spiro atoms. The molecule has 37 heavy (non-hydrogen) atoms. The standard InChI is InChI=1S/C27H23F3N4O2S/c1-3-18-6-4-9-22-24(18)25(21-11-10-17(16-32)14-23(21)37(2)36)33(13-12-31)26(35)34(22)20-8-5-7-19(15-20)27(28,29)30/h3,5,7-8,10-11,14-15,25H,4,6,9,13H2,1-2H3/t25-,37?/m1/s1. The lowest BCUT2D eigenvalue weighted by molar-refractivity contribution is -0.137. The van der Waals surface area contributed by atoms with Crippen LogP contribution in [0.25, 0.3) is 0 Å². The molecule has 0 saturated carbocycles. The van der Waals surface area contributed by atoms with Crippen molar-refractivity contribution in [3.8, 4) is 12.1 Å². The minimum atomic E-state index is -4.59. The van der Waals surface area contributed by atoms with Crippen LogP contribution in [0.2, 0.25) is 0 Å². The average Bonchev–Trinajstić information content (AvgIpc) is 2.88. The first-order valence-corrected chi connectivity index (χ1v) is 13.1. The third kappa shape index (κ3) is 4.83. The molecular weight excluding hydrogens is 501 g/mol. The maximum absolute atomic E-state index is 14.0. The van der Waals surface area contributed by atoms with Crippen molar-refractivity contribution in [1.82, 2.24) is 4.90 Å². The summed E-state index contributed by atoms with van der Waals surface area (Å²) in [5, 5.41) is 19.0. The zero-order chi connectivity index (χ0) is 26.9. The number of hydrogen-bond donors (Lipinski definition) is 0. The van der Waals surface area contributed by atoms with Gasteiger partial charge in [0.25, 0.3) is 0 Å². The molecule has 10 heteroatoms. The van der Waals surface area contributed by atoms with E-state index in [0.29, 0.717) is 46.6 Å². The van der Waals surface area contributed by atoms with Crippen LogP contribution in [-0.2, 0) is 17.4 Å². The van der Waals surface area contributed by atoms with Gasteiger partial charge in [-0.2, -0.15) is 23.7 Å². The monoisotopic (exact) mass is 524 g/mol. The van der Waals surface area contributed by atoms with E-state index in [1.807, 2.05) is 25.1 Å². The molecule has 0 radical (unpaired) electrons. The number of carbonyl (C=O) groups is 1. The Labute approximate surface area is 216 Å². The van der Waals surface area contributed by atoms with Gasteiger partial charge in [0.05, 0.1) is 35.0 Å². The number of alkyl halides is 3. The largest absolute Gasteiger partial charge is 0.612 e. The zero-order valence-electron chi connectivity index (χ0n) is 20.2. The normalized spacial score (nSPS) is 19.9. The third-order valence-electron chi connectivity index (χ3n) is 6.58. The molecule has 1 unspecified atom stereocenters. The van der Waals surface area contributed by atoms with Gasteiger partial charge in [-0.1, -0.05) is 18.2 Å². The summed E-state index contributed by atoms with van der Waals surface area (Å²) < 4.78 is 53.3. The van der Waals surface area contributed by atoms with Gasteiger partial charge in [-0.25, -0.2) is 4.79 Å². The van der Waals surface area contributed by atoms with E-state index in [-0.39, 0.29) is 12.2 Å². The van der Waals surface area contributed by atoms with Gasteiger partial charge >= 0.3 is 12.2 Å². The Bertz CT molecular complexity index is 1390. The molecule has 0 bridgehead atoms.